The first kappa shape index (κ1) is 20.5. The Bertz CT molecular complexity index is 1360. The number of aryl methyl sites for hydroxylation is 1. The van der Waals surface area contributed by atoms with Gasteiger partial charge in [-0.05, 0) is 49.4 Å². The summed E-state index contributed by atoms with van der Waals surface area (Å²) in [5.74, 6) is -0.0974. The van der Waals surface area contributed by atoms with Gasteiger partial charge in [0.2, 0.25) is 5.91 Å². The number of hydrogen-bond acceptors (Lipinski definition) is 7. The molecule has 9 heteroatoms. The molecular formula is C24H24N8O. The van der Waals surface area contributed by atoms with Crippen LogP contribution >= 0.6 is 0 Å². The molecule has 9 nitrogen and oxygen atoms in total. The Morgan fingerprint density at radius 3 is 2.73 bits per heavy atom. The lowest BCUT2D eigenvalue weighted by atomic mass is 10.1. The number of fused-ring (bicyclic) bond motifs is 1. The summed E-state index contributed by atoms with van der Waals surface area (Å²) in [5, 5.41) is 17.7. The number of carbonyl (C=O) groups excluding carboxylic acids is 1. The molecule has 0 aliphatic carbocycles. The van der Waals surface area contributed by atoms with Gasteiger partial charge in [-0.2, -0.15) is 5.10 Å². The summed E-state index contributed by atoms with van der Waals surface area (Å²) in [4.78, 5) is 20.3. The number of carbonyl (C=O) groups is 1. The molecule has 33 heavy (non-hydrogen) atoms. The van der Waals surface area contributed by atoms with E-state index in [1.807, 2.05) is 67.7 Å². The van der Waals surface area contributed by atoms with Crippen LogP contribution in [0.1, 0.15) is 23.9 Å². The van der Waals surface area contributed by atoms with Crippen LogP contribution in [0.4, 0.5) is 11.4 Å². The van der Waals surface area contributed by atoms with Gasteiger partial charge in [-0.25, -0.2) is 9.50 Å². The second-order valence-corrected chi connectivity index (χ2v) is 7.88. The van der Waals surface area contributed by atoms with E-state index in [-0.39, 0.29) is 12.1 Å². The molecule has 0 spiro atoms. The first-order valence-electron chi connectivity index (χ1n) is 10.7. The quantitative estimate of drug-likeness (QED) is 0.365. The van der Waals surface area contributed by atoms with Crippen LogP contribution in [0.15, 0.2) is 67.1 Å². The third kappa shape index (κ3) is 4.47. The zero-order valence-corrected chi connectivity index (χ0v) is 18.3. The van der Waals surface area contributed by atoms with Gasteiger partial charge in [0.1, 0.15) is 12.5 Å². The highest BCUT2D eigenvalue weighted by molar-refractivity contribution is 5.90. The third-order valence-electron chi connectivity index (χ3n) is 5.29. The summed E-state index contributed by atoms with van der Waals surface area (Å²) in [6.07, 6.45) is 3.42. The monoisotopic (exact) mass is 440 g/mol. The number of hydrogen-bond donors (Lipinski definition) is 4. The van der Waals surface area contributed by atoms with E-state index < -0.39 is 0 Å². The third-order valence-corrected chi connectivity index (χ3v) is 5.29. The van der Waals surface area contributed by atoms with Crippen LogP contribution in [-0.2, 0) is 4.79 Å². The number of nitrogens with one attached hydrogen (secondary N) is 4. The minimum atomic E-state index is -0.0974. The van der Waals surface area contributed by atoms with Crippen molar-refractivity contribution in [2.24, 2.45) is 0 Å². The van der Waals surface area contributed by atoms with Crippen LogP contribution in [-0.4, -0.2) is 38.2 Å². The Morgan fingerprint density at radius 2 is 1.88 bits per heavy atom. The summed E-state index contributed by atoms with van der Waals surface area (Å²) in [5.41, 5.74) is 7.13. The molecule has 1 aromatic carbocycles. The summed E-state index contributed by atoms with van der Waals surface area (Å²) in [6, 6.07) is 17.6. The molecule has 5 rings (SSSR count). The van der Waals surface area contributed by atoms with Crippen LogP contribution in [0.5, 0.6) is 0 Å². The fourth-order valence-corrected chi connectivity index (χ4v) is 3.84. The van der Waals surface area contributed by atoms with E-state index in [2.05, 4.69) is 31.3 Å². The average Bonchev–Trinajstić information content (AvgIpc) is 3.44. The molecule has 0 bridgehead atoms. The number of rotatable bonds is 6. The van der Waals surface area contributed by atoms with E-state index in [4.69, 9.17) is 4.98 Å². The summed E-state index contributed by atoms with van der Waals surface area (Å²) < 4.78 is 1.75. The highest BCUT2D eigenvalue weighted by Gasteiger charge is 2.26. The molecular weight excluding hydrogens is 416 g/mol. The predicted molar refractivity (Wildman–Crippen MR) is 128 cm³/mol. The van der Waals surface area contributed by atoms with Crippen molar-refractivity contribution in [1.82, 2.24) is 30.2 Å². The fourth-order valence-electron chi connectivity index (χ4n) is 3.84. The maximum absolute atomic E-state index is 11.3. The van der Waals surface area contributed by atoms with E-state index in [9.17, 15) is 4.79 Å². The Balaban J connectivity index is 1.39. The van der Waals surface area contributed by atoms with Crippen molar-refractivity contribution in [1.29, 1.82) is 0 Å². The van der Waals surface area contributed by atoms with Gasteiger partial charge >= 0.3 is 0 Å². The van der Waals surface area contributed by atoms with E-state index in [0.29, 0.717) is 6.54 Å². The van der Waals surface area contributed by atoms with E-state index in [0.717, 1.165) is 45.4 Å². The topological polar surface area (TPSA) is 108 Å². The van der Waals surface area contributed by atoms with Crippen molar-refractivity contribution in [3.05, 3.63) is 84.1 Å². The number of anilines is 2. The Kier molecular flexibility index (Phi) is 5.35. The van der Waals surface area contributed by atoms with E-state index >= 15 is 0 Å². The Labute approximate surface area is 191 Å². The van der Waals surface area contributed by atoms with Crippen molar-refractivity contribution >= 4 is 34.3 Å². The first-order chi connectivity index (χ1) is 16.0. The molecule has 1 amide bonds. The molecule has 0 fully saturated rings. The van der Waals surface area contributed by atoms with Crippen molar-refractivity contribution < 1.29 is 4.79 Å². The van der Waals surface area contributed by atoms with Gasteiger partial charge in [-0.15, -0.1) is 0 Å². The second-order valence-electron chi connectivity index (χ2n) is 7.88. The van der Waals surface area contributed by atoms with Crippen molar-refractivity contribution in [2.45, 2.75) is 20.0 Å². The Morgan fingerprint density at radius 1 is 1.06 bits per heavy atom. The molecule has 4 N–H and O–H groups in total. The van der Waals surface area contributed by atoms with Crippen LogP contribution in [0.25, 0.3) is 17.0 Å². The average molecular weight is 441 g/mol. The lowest BCUT2D eigenvalue weighted by Gasteiger charge is -2.17. The van der Waals surface area contributed by atoms with Gasteiger partial charge in [-0.1, -0.05) is 12.1 Å². The zero-order chi connectivity index (χ0) is 22.8. The summed E-state index contributed by atoms with van der Waals surface area (Å²) in [7, 11) is 0. The number of aromatic nitrogens is 4. The van der Waals surface area contributed by atoms with Gasteiger partial charge < -0.3 is 21.3 Å². The van der Waals surface area contributed by atoms with E-state index in [1.165, 1.54) is 6.92 Å². The minimum absolute atomic E-state index is 0.0758. The lowest BCUT2D eigenvalue weighted by molar-refractivity contribution is -0.114. The largest absolute Gasteiger partial charge is 0.381 e. The molecule has 3 aromatic heterocycles. The number of pyridine rings is 2. The standard InChI is InChI=1S/C24H24N8O/c1-15-5-3-8-20(28-15)24-23(17-9-10-22-26-14-27-32(22)13-17)30-21(31-24)12-25-18-6-4-7-19(11-18)29-16(2)33/h3-11,13-14,21,25,30-31H,12H2,1-2H3,(H,29,33). The molecule has 4 aromatic rings. The van der Waals surface area contributed by atoms with Crippen molar-refractivity contribution in [2.75, 3.05) is 17.2 Å². The number of benzene rings is 1. The van der Waals surface area contributed by atoms with Crippen molar-refractivity contribution in [3.8, 4) is 0 Å². The highest BCUT2D eigenvalue weighted by Crippen LogP contribution is 2.27. The number of amides is 1. The van der Waals surface area contributed by atoms with Gasteiger partial charge in [0, 0.05) is 35.8 Å². The molecule has 166 valence electrons. The van der Waals surface area contributed by atoms with Crippen molar-refractivity contribution in [3.63, 3.8) is 0 Å². The molecule has 0 saturated carbocycles. The fraction of sp³-hybridized carbons (Fsp3) is 0.167. The molecule has 1 atom stereocenters. The highest BCUT2D eigenvalue weighted by atomic mass is 16.1. The van der Waals surface area contributed by atoms with E-state index in [1.54, 1.807) is 10.8 Å². The molecule has 1 unspecified atom stereocenters. The SMILES string of the molecule is CC(=O)Nc1cccc(NCC2NC(c3ccc4ncnn4c3)=C(c3cccc(C)n3)N2)c1. The molecule has 0 saturated heterocycles. The first-order valence-corrected chi connectivity index (χ1v) is 10.7. The van der Waals surface area contributed by atoms with Gasteiger partial charge in [0.15, 0.2) is 5.65 Å². The van der Waals surface area contributed by atoms with Crippen LogP contribution in [0.2, 0.25) is 0 Å². The van der Waals surface area contributed by atoms with Gasteiger partial charge in [0.25, 0.3) is 0 Å². The maximum Gasteiger partial charge on any atom is 0.221 e. The summed E-state index contributed by atoms with van der Waals surface area (Å²) >= 11 is 0. The van der Waals surface area contributed by atoms with Crippen LogP contribution in [0, 0.1) is 6.92 Å². The molecule has 1 aliphatic heterocycles. The predicted octanol–water partition coefficient (Wildman–Crippen LogP) is 2.85. The smallest absolute Gasteiger partial charge is 0.221 e. The number of nitrogens with zero attached hydrogens (tertiary/aromatic N) is 4. The van der Waals surface area contributed by atoms with Gasteiger partial charge in [-0.3, -0.25) is 9.78 Å². The molecule has 1 aliphatic rings. The second kappa shape index (κ2) is 8.62. The zero-order valence-electron chi connectivity index (χ0n) is 18.3. The summed E-state index contributed by atoms with van der Waals surface area (Å²) in [6.45, 7) is 4.08. The van der Waals surface area contributed by atoms with Crippen LogP contribution < -0.4 is 21.3 Å². The van der Waals surface area contributed by atoms with Gasteiger partial charge in [0.05, 0.1) is 23.6 Å². The molecule has 4 heterocycles. The van der Waals surface area contributed by atoms with Crippen LogP contribution in [0.3, 0.4) is 0 Å². The lowest BCUT2D eigenvalue weighted by Crippen LogP contribution is -2.39. The maximum atomic E-state index is 11.3. The molecule has 0 radical (unpaired) electrons. The normalized spacial score (nSPS) is 15.3. The minimum Gasteiger partial charge on any atom is -0.381 e. The Hall–Kier alpha value is -4.40.